The number of amides is 4. The fourth-order valence-corrected chi connectivity index (χ4v) is 9.23. The molecule has 0 aliphatic rings. The van der Waals surface area contributed by atoms with Crippen LogP contribution in [0.3, 0.4) is 0 Å². The first-order chi connectivity index (χ1) is 38.5. The van der Waals surface area contributed by atoms with E-state index >= 15 is 0 Å². The maximum atomic E-state index is 14.1. The third-order valence-electron chi connectivity index (χ3n) is 13.0. The molecule has 0 radical (unpaired) electrons. The van der Waals surface area contributed by atoms with Crippen LogP contribution in [0.2, 0.25) is 0 Å². The van der Waals surface area contributed by atoms with Gasteiger partial charge in [0, 0.05) is 86.6 Å². The first kappa shape index (κ1) is 56.8. The molecule has 25 nitrogen and oxygen atoms in total. The minimum absolute atomic E-state index is 0.0198. The largest absolute Gasteiger partial charge is 0.491 e. The highest BCUT2D eigenvalue weighted by molar-refractivity contribution is 6.12. The average molecular weight is 1100 g/mol. The molecule has 8 rings (SSSR count). The van der Waals surface area contributed by atoms with E-state index in [2.05, 4.69) is 30.7 Å². The van der Waals surface area contributed by atoms with Gasteiger partial charge in [0.15, 0.2) is 5.82 Å². The molecule has 0 saturated carbocycles. The molecule has 420 valence electrons. The molecule has 6 aromatic heterocycles. The molecular formula is C55H65N15O10. The van der Waals surface area contributed by atoms with Crippen molar-refractivity contribution in [2.24, 2.45) is 11.5 Å². The van der Waals surface area contributed by atoms with Gasteiger partial charge in [-0.2, -0.15) is 15.3 Å². The van der Waals surface area contributed by atoms with E-state index in [1.54, 1.807) is 58.2 Å². The van der Waals surface area contributed by atoms with Crippen LogP contribution in [0.15, 0.2) is 60.8 Å². The highest BCUT2D eigenvalue weighted by Gasteiger charge is 2.24. The van der Waals surface area contributed by atoms with Crippen molar-refractivity contribution in [2.75, 3.05) is 38.8 Å². The van der Waals surface area contributed by atoms with Crippen LogP contribution in [0.4, 0.5) is 5.95 Å². The van der Waals surface area contributed by atoms with Crippen LogP contribution in [-0.2, 0) is 51.8 Å². The Labute approximate surface area is 459 Å². The van der Waals surface area contributed by atoms with Crippen molar-refractivity contribution in [3.63, 3.8) is 0 Å². The standard InChI is InChI=1S/C55H65N15O10/c1-8-68-40(24-32(4)63-68)51-59-31-38-37-27-35(49(56)73)29-43(78-21-14-18-58-45(71)16-13-17-46(72)77-7)47(37)66(52(38)61-51)19-11-12-20-67-48-39(60-55(67)62-53(75)41-25-33(5)64-69(41)9-2)28-36(50(57)74)30-44(48)79-22-15-23-80-54(76)42-26-34(6)65-70(42)10-3/h11-12,24-31H,8-10,13-23H2,1-7H3,(H2,56,73)(H2,57,74)(H,58,71)(H,60,62,75). The molecular weight excluding hydrogens is 1030 g/mol. The molecule has 0 bridgehead atoms. The predicted molar refractivity (Wildman–Crippen MR) is 295 cm³/mol. The van der Waals surface area contributed by atoms with E-state index in [9.17, 15) is 28.8 Å². The minimum atomic E-state index is -0.731. The maximum Gasteiger partial charge on any atom is 0.356 e. The molecule has 0 aliphatic heterocycles. The lowest BCUT2D eigenvalue weighted by atomic mass is 10.1. The summed E-state index contributed by atoms with van der Waals surface area (Å²) in [5, 5.41) is 20.4. The van der Waals surface area contributed by atoms with Gasteiger partial charge in [-0.3, -0.25) is 43.3 Å². The fraction of sp³-hybridized carbons (Fsp3) is 0.382. The zero-order valence-corrected chi connectivity index (χ0v) is 45.8. The van der Waals surface area contributed by atoms with E-state index in [1.807, 2.05) is 55.2 Å². The van der Waals surface area contributed by atoms with Gasteiger partial charge in [-0.15, -0.1) is 0 Å². The van der Waals surface area contributed by atoms with Gasteiger partial charge < -0.3 is 44.9 Å². The summed E-state index contributed by atoms with van der Waals surface area (Å²) in [5.74, 6) is -1.90. The second-order valence-corrected chi connectivity index (χ2v) is 18.7. The zero-order chi connectivity index (χ0) is 57.2. The monoisotopic (exact) mass is 1100 g/mol. The van der Waals surface area contributed by atoms with Gasteiger partial charge in [0.2, 0.25) is 23.7 Å². The van der Waals surface area contributed by atoms with Crippen LogP contribution in [0.25, 0.3) is 44.5 Å². The SMILES string of the molecule is CCn1nc(C)cc1C(=O)Nc1nc2cc(C(N)=O)cc(OCCCOC(=O)c3cc(C)nn3CC)c2n1CC=CCn1c2nc(-c3cc(C)nn3CC)ncc2c2cc(C(N)=O)cc(OCCCNC(=O)CCCC(=O)OC)c21. The van der Waals surface area contributed by atoms with E-state index in [-0.39, 0.29) is 93.4 Å². The number of anilines is 1. The van der Waals surface area contributed by atoms with Gasteiger partial charge in [-0.25, -0.2) is 19.7 Å². The van der Waals surface area contributed by atoms with Crippen LogP contribution in [0, 0.1) is 20.8 Å². The topological polar surface area (TPSA) is 317 Å². The minimum Gasteiger partial charge on any atom is -0.491 e. The molecule has 8 aromatic rings. The van der Waals surface area contributed by atoms with Gasteiger partial charge in [0.25, 0.3) is 5.91 Å². The van der Waals surface area contributed by atoms with Crippen LogP contribution >= 0.6 is 0 Å². The van der Waals surface area contributed by atoms with Gasteiger partial charge in [0.1, 0.15) is 39.7 Å². The number of esters is 2. The lowest BCUT2D eigenvalue weighted by molar-refractivity contribution is -0.140. The van der Waals surface area contributed by atoms with Crippen LogP contribution in [-0.4, -0.2) is 122 Å². The van der Waals surface area contributed by atoms with E-state index in [0.717, 1.165) is 5.69 Å². The number of ether oxygens (including phenoxy) is 4. The summed E-state index contributed by atoms with van der Waals surface area (Å²) in [6.07, 6.45) is 6.78. The summed E-state index contributed by atoms with van der Waals surface area (Å²) in [6, 6.07) is 11.5. The number of hydrogen-bond donors (Lipinski definition) is 4. The number of fused-ring (bicyclic) bond motifs is 4. The number of rotatable bonds is 27. The Morgan fingerprint density at radius 2 is 1.26 bits per heavy atom. The number of nitrogens with zero attached hydrogens (tertiary/aromatic N) is 11. The molecule has 80 heavy (non-hydrogen) atoms. The summed E-state index contributed by atoms with van der Waals surface area (Å²) >= 11 is 0. The number of allylic oxidation sites excluding steroid dienone is 2. The van der Waals surface area contributed by atoms with Crippen molar-refractivity contribution < 1.29 is 47.7 Å². The third kappa shape index (κ3) is 12.8. The van der Waals surface area contributed by atoms with Crippen LogP contribution in [0.1, 0.15) is 112 Å². The smallest absolute Gasteiger partial charge is 0.356 e. The van der Waals surface area contributed by atoms with E-state index in [4.69, 9.17) is 40.6 Å². The zero-order valence-electron chi connectivity index (χ0n) is 45.8. The quantitative estimate of drug-likeness (QED) is 0.0271. The number of hydrogen-bond acceptors (Lipinski definition) is 16. The molecule has 2 aromatic carbocycles. The predicted octanol–water partition coefficient (Wildman–Crippen LogP) is 5.74. The van der Waals surface area contributed by atoms with Gasteiger partial charge >= 0.3 is 11.9 Å². The van der Waals surface area contributed by atoms with Crippen molar-refractivity contribution in [1.82, 2.24) is 58.7 Å². The van der Waals surface area contributed by atoms with Crippen molar-refractivity contribution in [2.45, 2.75) is 106 Å². The number of carbonyl (C=O) groups is 6. The van der Waals surface area contributed by atoms with Gasteiger partial charge in [-0.05, 0) is 96.8 Å². The number of nitrogens with two attached hydrogens (primary N) is 2. The fourth-order valence-electron chi connectivity index (χ4n) is 9.23. The summed E-state index contributed by atoms with van der Waals surface area (Å²) < 4.78 is 31.7. The van der Waals surface area contributed by atoms with Crippen molar-refractivity contribution in [3.05, 3.63) is 100 Å². The maximum absolute atomic E-state index is 14.1. The summed E-state index contributed by atoms with van der Waals surface area (Å²) in [5.41, 5.74) is 17.3. The van der Waals surface area contributed by atoms with Crippen molar-refractivity contribution in [1.29, 1.82) is 0 Å². The van der Waals surface area contributed by atoms with Crippen molar-refractivity contribution in [3.8, 4) is 23.0 Å². The molecule has 0 spiro atoms. The highest BCUT2D eigenvalue weighted by Crippen LogP contribution is 2.37. The third-order valence-corrected chi connectivity index (χ3v) is 13.0. The number of imidazole rings is 1. The molecule has 0 saturated heterocycles. The highest BCUT2D eigenvalue weighted by atomic mass is 16.5. The van der Waals surface area contributed by atoms with Crippen molar-refractivity contribution >= 4 is 74.5 Å². The number of methoxy groups -OCH3 is 1. The Bertz CT molecular complexity index is 3670. The molecule has 6 heterocycles. The number of primary amides is 2. The average Bonchev–Trinajstić information content (AvgIpc) is 4.45. The first-order valence-corrected chi connectivity index (χ1v) is 26.3. The van der Waals surface area contributed by atoms with Gasteiger partial charge in [0.05, 0.1) is 55.0 Å². The lowest BCUT2D eigenvalue weighted by Gasteiger charge is -2.14. The van der Waals surface area contributed by atoms with Crippen LogP contribution in [0.5, 0.6) is 11.5 Å². The summed E-state index contributed by atoms with van der Waals surface area (Å²) in [4.78, 5) is 91.4. The number of carbonyl (C=O) groups excluding carboxylic acids is 6. The molecule has 0 aliphatic carbocycles. The first-order valence-electron chi connectivity index (χ1n) is 26.3. The van der Waals surface area contributed by atoms with Crippen LogP contribution < -0.4 is 31.6 Å². The van der Waals surface area contributed by atoms with E-state index < -0.39 is 23.7 Å². The summed E-state index contributed by atoms with van der Waals surface area (Å²) in [6.45, 7) is 13.5. The number of nitrogens with one attached hydrogen (secondary N) is 2. The molecule has 0 fully saturated rings. The lowest BCUT2D eigenvalue weighted by Crippen LogP contribution is -2.25. The molecule has 0 atom stereocenters. The molecule has 6 N–H and O–H groups in total. The molecule has 25 heteroatoms. The number of aromatic nitrogens is 11. The summed E-state index contributed by atoms with van der Waals surface area (Å²) in [7, 11) is 1.30. The molecule has 0 unspecified atom stereocenters. The Morgan fingerprint density at radius 3 is 1.94 bits per heavy atom. The number of aryl methyl sites for hydroxylation is 6. The Morgan fingerprint density at radius 1 is 0.650 bits per heavy atom. The Balaban J connectivity index is 1.14. The molecule has 4 amide bonds. The van der Waals surface area contributed by atoms with E-state index in [0.29, 0.717) is 105 Å². The van der Waals surface area contributed by atoms with Gasteiger partial charge in [-0.1, -0.05) is 12.2 Å². The normalized spacial score (nSPS) is 11.5. The van der Waals surface area contributed by atoms with E-state index in [1.165, 1.54) is 19.2 Å². The second kappa shape index (κ2) is 25.4. The Hall–Kier alpha value is -9.42. The second-order valence-electron chi connectivity index (χ2n) is 18.7. The number of benzene rings is 2. The Kier molecular flexibility index (Phi) is 18.0.